The van der Waals surface area contributed by atoms with Crippen LogP contribution in [0.15, 0.2) is 24.3 Å². The molecule has 1 aliphatic carbocycles. The Morgan fingerprint density at radius 3 is 2.80 bits per heavy atom. The molecule has 0 heterocycles. The molecule has 0 atom stereocenters. The lowest BCUT2D eigenvalue weighted by Gasteiger charge is -2.06. The minimum Gasteiger partial charge on any atom is -0.316 e. The molecule has 1 heteroatoms. The van der Waals surface area contributed by atoms with E-state index in [1.54, 1.807) is 0 Å². The van der Waals surface area contributed by atoms with Crippen LogP contribution in [-0.4, -0.2) is 13.1 Å². The topological polar surface area (TPSA) is 12.0 Å². The van der Waals surface area contributed by atoms with E-state index in [1.807, 2.05) is 0 Å². The number of nitrogens with one attached hydrogen (secondary N) is 1. The first-order chi connectivity index (χ1) is 7.36. The maximum absolute atomic E-state index is 3.54. The third-order valence-corrected chi connectivity index (χ3v) is 3.19. The Hall–Kier alpha value is -0.820. The molecule has 1 saturated carbocycles. The average molecular weight is 203 g/mol. The summed E-state index contributed by atoms with van der Waals surface area (Å²) in [5.41, 5.74) is 2.94. The molecule has 1 N–H and O–H groups in total. The van der Waals surface area contributed by atoms with Crippen LogP contribution in [-0.2, 0) is 6.42 Å². The second-order valence-electron chi connectivity index (χ2n) is 4.68. The normalized spacial score (nSPS) is 15.5. The summed E-state index contributed by atoms with van der Waals surface area (Å²) in [6, 6.07) is 8.70. The van der Waals surface area contributed by atoms with Crippen molar-refractivity contribution in [3.63, 3.8) is 0 Å². The summed E-state index contributed by atoms with van der Waals surface area (Å²) >= 11 is 0. The molecule has 0 radical (unpaired) electrons. The lowest BCUT2D eigenvalue weighted by Crippen LogP contribution is -2.18. The van der Waals surface area contributed by atoms with E-state index in [4.69, 9.17) is 0 Å². The molecule has 0 unspecified atom stereocenters. The maximum atomic E-state index is 3.54. The van der Waals surface area contributed by atoms with Crippen molar-refractivity contribution < 1.29 is 0 Å². The molecule has 0 spiro atoms. The molecule has 0 bridgehead atoms. The van der Waals surface area contributed by atoms with Crippen LogP contribution >= 0.6 is 0 Å². The largest absolute Gasteiger partial charge is 0.316 e. The molecule has 0 aromatic heterocycles. The van der Waals surface area contributed by atoms with E-state index < -0.39 is 0 Å². The van der Waals surface area contributed by atoms with Crippen molar-refractivity contribution in [2.24, 2.45) is 5.92 Å². The van der Waals surface area contributed by atoms with Crippen molar-refractivity contribution in [2.45, 2.75) is 32.6 Å². The highest BCUT2D eigenvalue weighted by Crippen LogP contribution is 2.27. The second kappa shape index (κ2) is 5.32. The van der Waals surface area contributed by atoms with E-state index in [-0.39, 0.29) is 0 Å². The molecule has 15 heavy (non-hydrogen) atoms. The molecular formula is C14H21N. The van der Waals surface area contributed by atoms with Crippen LogP contribution in [0.2, 0.25) is 0 Å². The number of rotatable bonds is 6. The van der Waals surface area contributed by atoms with Gasteiger partial charge in [0.2, 0.25) is 0 Å². The Kier molecular flexibility index (Phi) is 3.79. The summed E-state index contributed by atoms with van der Waals surface area (Å²) in [5.74, 6) is 1.00. The molecule has 2 rings (SSSR count). The van der Waals surface area contributed by atoms with Gasteiger partial charge in [-0.25, -0.2) is 0 Å². The number of hydrogen-bond donors (Lipinski definition) is 1. The van der Waals surface area contributed by atoms with Gasteiger partial charge >= 0.3 is 0 Å². The molecule has 0 saturated heterocycles. The molecule has 1 aromatic carbocycles. The van der Waals surface area contributed by atoms with Crippen molar-refractivity contribution in [1.29, 1.82) is 0 Å². The maximum Gasteiger partial charge on any atom is -0.00205 e. The van der Waals surface area contributed by atoms with Crippen LogP contribution in [0.5, 0.6) is 0 Å². The van der Waals surface area contributed by atoms with Gasteiger partial charge in [-0.2, -0.15) is 0 Å². The summed E-state index contributed by atoms with van der Waals surface area (Å²) in [6.07, 6.45) is 5.37. The van der Waals surface area contributed by atoms with Crippen molar-refractivity contribution in [3.8, 4) is 0 Å². The minimum absolute atomic E-state index is 1.00. The van der Waals surface area contributed by atoms with Crippen LogP contribution in [0, 0.1) is 12.8 Å². The van der Waals surface area contributed by atoms with Gasteiger partial charge in [0.15, 0.2) is 0 Å². The molecule has 1 aliphatic rings. The summed E-state index contributed by atoms with van der Waals surface area (Å²) in [7, 11) is 0. The summed E-state index contributed by atoms with van der Waals surface area (Å²) < 4.78 is 0. The van der Waals surface area contributed by atoms with Crippen LogP contribution in [0.3, 0.4) is 0 Å². The Morgan fingerprint density at radius 2 is 2.07 bits per heavy atom. The van der Waals surface area contributed by atoms with Crippen molar-refractivity contribution >= 4 is 0 Å². The Balaban J connectivity index is 1.62. The quantitative estimate of drug-likeness (QED) is 0.701. The van der Waals surface area contributed by atoms with Gasteiger partial charge in [0.05, 0.1) is 0 Å². The summed E-state index contributed by atoms with van der Waals surface area (Å²) in [4.78, 5) is 0. The fraction of sp³-hybridized carbons (Fsp3) is 0.571. The Labute approximate surface area is 92.9 Å². The second-order valence-corrected chi connectivity index (χ2v) is 4.68. The molecule has 0 aliphatic heterocycles. The smallest absolute Gasteiger partial charge is 0.00205 e. The zero-order chi connectivity index (χ0) is 10.5. The Morgan fingerprint density at radius 1 is 1.27 bits per heavy atom. The zero-order valence-corrected chi connectivity index (χ0v) is 9.63. The van der Waals surface area contributed by atoms with Crippen molar-refractivity contribution in [1.82, 2.24) is 5.32 Å². The Bertz CT molecular complexity index is 302. The van der Waals surface area contributed by atoms with Gasteiger partial charge in [0.1, 0.15) is 0 Å². The zero-order valence-electron chi connectivity index (χ0n) is 9.63. The number of benzene rings is 1. The minimum atomic E-state index is 1.00. The third kappa shape index (κ3) is 3.67. The highest BCUT2D eigenvalue weighted by Gasteiger charge is 2.19. The molecule has 82 valence electrons. The lowest BCUT2D eigenvalue weighted by molar-refractivity contribution is 0.612. The van der Waals surface area contributed by atoms with E-state index in [2.05, 4.69) is 36.5 Å². The predicted molar refractivity (Wildman–Crippen MR) is 65.1 cm³/mol. The van der Waals surface area contributed by atoms with E-state index in [0.29, 0.717) is 0 Å². The third-order valence-electron chi connectivity index (χ3n) is 3.19. The van der Waals surface area contributed by atoms with Crippen LogP contribution in [0.25, 0.3) is 0 Å². The van der Waals surface area contributed by atoms with Crippen LogP contribution in [0.4, 0.5) is 0 Å². The van der Waals surface area contributed by atoms with Gasteiger partial charge < -0.3 is 5.32 Å². The predicted octanol–water partition coefficient (Wildman–Crippen LogP) is 2.93. The first-order valence-corrected chi connectivity index (χ1v) is 6.11. The standard InChI is InChI=1S/C14H21N/c1-12-5-2-3-6-14(12)7-4-10-15-11-13-8-9-13/h2-3,5-6,13,15H,4,7-11H2,1H3. The first kappa shape index (κ1) is 10.7. The average Bonchev–Trinajstić information content (AvgIpc) is 3.04. The molecule has 0 amide bonds. The summed E-state index contributed by atoms with van der Waals surface area (Å²) in [5, 5.41) is 3.54. The van der Waals surface area contributed by atoms with Gasteiger partial charge in [0.25, 0.3) is 0 Å². The van der Waals surface area contributed by atoms with Crippen LogP contribution in [0.1, 0.15) is 30.4 Å². The van der Waals surface area contributed by atoms with Crippen molar-refractivity contribution in [3.05, 3.63) is 35.4 Å². The number of aryl methyl sites for hydroxylation is 2. The van der Waals surface area contributed by atoms with Gasteiger partial charge in [0, 0.05) is 0 Å². The van der Waals surface area contributed by atoms with Gasteiger partial charge in [-0.3, -0.25) is 0 Å². The van der Waals surface area contributed by atoms with E-state index in [9.17, 15) is 0 Å². The van der Waals surface area contributed by atoms with Crippen LogP contribution < -0.4 is 5.32 Å². The molecule has 1 nitrogen and oxygen atoms in total. The highest BCUT2D eigenvalue weighted by molar-refractivity contribution is 5.25. The SMILES string of the molecule is Cc1ccccc1CCCNCC1CC1. The molecular weight excluding hydrogens is 182 g/mol. The van der Waals surface area contributed by atoms with Gasteiger partial charge in [-0.15, -0.1) is 0 Å². The fourth-order valence-corrected chi connectivity index (χ4v) is 1.92. The molecule has 1 aromatic rings. The summed E-state index contributed by atoms with van der Waals surface area (Å²) in [6.45, 7) is 4.62. The monoisotopic (exact) mass is 203 g/mol. The van der Waals surface area contributed by atoms with E-state index in [1.165, 1.54) is 49.9 Å². The molecule has 1 fully saturated rings. The van der Waals surface area contributed by atoms with Gasteiger partial charge in [-0.1, -0.05) is 24.3 Å². The first-order valence-electron chi connectivity index (χ1n) is 6.11. The van der Waals surface area contributed by atoms with E-state index in [0.717, 1.165) is 5.92 Å². The fourth-order valence-electron chi connectivity index (χ4n) is 1.92. The lowest BCUT2D eigenvalue weighted by atomic mass is 10.0. The van der Waals surface area contributed by atoms with Gasteiger partial charge in [-0.05, 0) is 62.7 Å². The van der Waals surface area contributed by atoms with E-state index >= 15 is 0 Å². The van der Waals surface area contributed by atoms with Crippen molar-refractivity contribution in [2.75, 3.05) is 13.1 Å². The highest BCUT2D eigenvalue weighted by atomic mass is 14.9. The number of hydrogen-bond acceptors (Lipinski definition) is 1.